The first-order valence-electron chi connectivity index (χ1n) is 8.65. The van der Waals surface area contributed by atoms with Crippen LogP contribution in [-0.2, 0) is 0 Å². The topological polar surface area (TPSA) is 49.6 Å². The first-order valence-corrected chi connectivity index (χ1v) is 8.65. The van der Waals surface area contributed by atoms with Crippen LogP contribution >= 0.6 is 0 Å². The maximum atomic E-state index is 12.6. The molecule has 1 atom stereocenters. The Bertz CT molecular complexity index is 544. The van der Waals surface area contributed by atoms with Gasteiger partial charge in [-0.3, -0.25) is 4.79 Å². The van der Waals surface area contributed by atoms with Crippen LogP contribution in [0.1, 0.15) is 54.3 Å². The molecule has 22 heavy (non-hydrogen) atoms. The third kappa shape index (κ3) is 2.78. The molecule has 1 amide bonds. The van der Waals surface area contributed by atoms with Crippen LogP contribution in [-0.4, -0.2) is 54.1 Å². The van der Waals surface area contributed by atoms with Crippen molar-refractivity contribution in [2.24, 2.45) is 11.8 Å². The van der Waals surface area contributed by atoms with Crippen LogP contribution in [0, 0.1) is 11.8 Å². The van der Waals surface area contributed by atoms with Gasteiger partial charge in [0.2, 0.25) is 0 Å². The van der Waals surface area contributed by atoms with E-state index in [4.69, 9.17) is 4.52 Å². The van der Waals surface area contributed by atoms with Gasteiger partial charge in [-0.2, -0.15) is 0 Å². The van der Waals surface area contributed by atoms with Gasteiger partial charge in [-0.05, 0) is 64.1 Å². The van der Waals surface area contributed by atoms with Crippen LogP contribution in [0.15, 0.2) is 10.6 Å². The molecule has 0 radical (unpaired) electrons. The Morgan fingerprint density at radius 2 is 1.86 bits per heavy atom. The van der Waals surface area contributed by atoms with Gasteiger partial charge in [0.15, 0.2) is 5.69 Å². The highest BCUT2D eigenvalue weighted by Crippen LogP contribution is 2.40. The van der Waals surface area contributed by atoms with Crippen molar-refractivity contribution in [3.8, 4) is 0 Å². The number of hydrogen-bond donors (Lipinski definition) is 0. The van der Waals surface area contributed by atoms with E-state index >= 15 is 0 Å². The molecular formula is C17H25N3O2. The highest BCUT2D eigenvalue weighted by atomic mass is 16.5. The highest BCUT2D eigenvalue weighted by molar-refractivity contribution is 5.92. The Hall–Kier alpha value is -1.36. The second kappa shape index (κ2) is 5.69. The number of rotatable bonds is 3. The van der Waals surface area contributed by atoms with Crippen molar-refractivity contribution in [1.29, 1.82) is 0 Å². The highest BCUT2D eigenvalue weighted by Gasteiger charge is 2.35. The summed E-state index contributed by atoms with van der Waals surface area (Å²) in [5.41, 5.74) is 0.505. The summed E-state index contributed by atoms with van der Waals surface area (Å²) in [7, 11) is 2.20. The Morgan fingerprint density at radius 1 is 1.14 bits per heavy atom. The molecule has 0 unspecified atom stereocenters. The van der Waals surface area contributed by atoms with E-state index in [2.05, 4.69) is 17.1 Å². The lowest BCUT2D eigenvalue weighted by Gasteiger charge is -2.32. The molecule has 0 bridgehead atoms. The smallest absolute Gasteiger partial charge is 0.276 e. The Kier molecular flexibility index (Phi) is 3.68. The summed E-state index contributed by atoms with van der Waals surface area (Å²) in [5, 5.41) is 4.00. The van der Waals surface area contributed by atoms with E-state index in [9.17, 15) is 4.79 Å². The van der Waals surface area contributed by atoms with Crippen molar-refractivity contribution < 1.29 is 9.32 Å². The minimum Gasteiger partial charge on any atom is -0.360 e. The molecule has 1 aromatic heterocycles. The molecule has 2 saturated heterocycles. The van der Waals surface area contributed by atoms with Crippen LogP contribution in [0.2, 0.25) is 0 Å². The zero-order valence-corrected chi connectivity index (χ0v) is 13.3. The van der Waals surface area contributed by atoms with Gasteiger partial charge in [0.05, 0.1) is 0 Å². The van der Waals surface area contributed by atoms with Gasteiger partial charge < -0.3 is 14.3 Å². The Labute approximate surface area is 131 Å². The summed E-state index contributed by atoms with van der Waals surface area (Å²) < 4.78 is 5.32. The molecule has 1 aromatic rings. The summed E-state index contributed by atoms with van der Waals surface area (Å²) in [6, 6.07) is 1.86. The van der Waals surface area contributed by atoms with E-state index in [1.54, 1.807) is 0 Å². The fourth-order valence-corrected chi connectivity index (χ4v) is 3.97. The molecule has 3 heterocycles. The second-order valence-electron chi connectivity index (χ2n) is 7.33. The molecular weight excluding hydrogens is 278 g/mol. The van der Waals surface area contributed by atoms with Crippen molar-refractivity contribution in [2.45, 2.75) is 38.0 Å². The van der Waals surface area contributed by atoms with Crippen LogP contribution in [0.3, 0.4) is 0 Å². The van der Waals surface area contributed by atoms with Crippen molar-refractivity contribution in [3.63, 3.8) is 0 Å². The third-order valence-corrected chi connectivity index (χ3v) is 5.67. The Balaban J connectivity index is 1.36. The van der Waals surface area contributed by atoms with Crippen molar-refractivity contribution in [1.82, 2.24) is 15.0 Å². The summed E-state index contributed by atoms with van der Waals surface area (Å²) in [5.74, 6) is 2.93. The summed E-state index contributed by atoms with van der Waals surface area (Å²) in [6.45, 7) is 4.17. The largest absolute Gasteiger partial charge is 0.360 e. The predicted octanol–water partition coefficient (Wildman–Crippen LogP) is 2.36. The van der Waals surface area contributed by atoms with Crippen LogP contribution in [0.5, 0.6) is 0 Å². The normalized spacial score (nSPS) is 27.5. The summed E-state index contributed by atoms with van der Waals surface area (Å²) in [6.07, 6.45) is 6.04. The molecule has 5 nitrogen and oxygen atoms in total. The molecule has 2 aliphatic heterocycles. The molecule has 3 fully saturated rings. The van der Waals surface area contributed by atoms with Crippen LogP contribution in [0.4, 0.5) is 0 Å². The standard InChI is InChI=1S/C17H25N3O2/c1-19-7-4-12(5-8-19)14-6-9-20(11-14)17(21)15-10-16(22-18-15)13-2-3-13/h10,12-14H,2-9,11H2,1H3/t14-/m0/s1. The second-order valence-corrected chi connectivity index (χ2v) is 7.33. The fraction of sp³-hybridized carbons (Fsp3) is 0.765. The van der Waals surface area contributed by atoms with E-state index in [1.165, 1.54) is 38.8 Å². The van der Waals surface area contributed by atoms with Gasteiger partial charge >= 0.3 is 0 Å². The minimum absolute atomic E-state index is 0.0612. The van der Waals surface area contributed by atoms with Crippen molar-refractivity contribution in [3.05, 3.63) is 17.5 Å². The summed E-state index contributed by atoms with van der Waals surface area (Å²) in [4.78, 5) is 17.0. The molecule has 0 spiro atoms. The van der Waals surface area contributed by atoms with Gasteiger partial charge in [0, 0.05) is 25.1 Å². The van der Waals surface area contributed by atoms with E-state index in [1.807, 2.05) is 11.0 Å². The molecule has 5 heteroatoms. The van der Waals surface area contributed by atoms with Crippen molar-refractivity contribution in [2.75, 3.05) is 33.2 Å². The van der Waals surface area contributed by atoms with Gasteiger partial charge in [-0.1, -0.05) is 5.16 Å². The predicted molar refractivity (Wildman–Crippen MR) is 82.7 cm³/mol. The quantitative estimate of drug-likeness (QED) is 0.860. The average Bonchev–Trinajstić information content (AvgIpc) is 3.07. The molecule has 1 saturated carbocycles. The van der Waals surface area contributed by atoms with Gasteiger partial charge in [0.25, 0.3) is 5.91 Å². The SMILES string of the molecule is CN1CCC([C@H]2CCN(C(=O)c3cc(C4CC4)on3)C2)CC1. The first kappa shape index (κ1) is 14.2. The van der Waals surface area contributed by atoms with Crippen LogP contribution in [0.25, 0.3) is 0 Å². The molecule has 0 N–H and O–H groups in total. The van der Waals surface area contributed by atoms with Gasteiger partial charge in [0.1, 0.15) is 5.76 Å². The van der Waals surface area contributed by atoms with Gasteiger partial charge in [-0.15, -0.1) is 0 Å². The maximum Gasteiger partial charge on any atom is 0.276 e. The Morgan fingerprint density at radius 3 is 2.59 bits per heavy atom. The van der Waals surface area contributed by atoms with Crippen LogP contribution < -0.4 is 0 Å². The molecule has 1 aliphatic carbocycles. The average molecular weight is 303 g/mol. The first-order chi connectivity index (χ1) is 10.7. The number of piperidine rings is 1. The molecule has 120 valence electrons. The molecule has 3 aliphatic rings. The number of carbonyl (C=O) groups is 1. The maximum absolute atomic E-state index is 12.6. The van der Waals surface area contributed by atoms with Crippen molar-refractivity contribution >= 4 is 5.91 Å². The third-order valence-electron chi connectivity index (χ3n) is 5.67. The van der Waals surface area contributed by atoms with E-state index in [0.29, 0.717) is 17.5 Å². The monoisotopic (exact) mass is 303 g/mol. The number of nitrogens with zero attached hydrogens (tertiary/aromatic N) is 3. The lowest BCUT2D eigenvalue weighted by Crippen LogP contribution is -2.35. The van der Waals surface area contributed by atoms with E-state index < -0.39 is 0 Å². The van der Waals surface area contributed by atoms with Gasteiger partial charge in [-0.25, -0.2) is 0 Å². The number of amides is 1. The number of aromatic nitrogens is 1. The van der Waals surface area contributed by atoms with E-state index in [0.717, 1.165) is 31.2 Å². The number of likely N-dealkylation sites (tertiary alicyclic amines) is 2. The van der Waals surface area contributed by atoms with E-state index in [-0.39, 0.29) is 5.91 Å². The zero-order valence-electron chi connectivity index (χ0n) is 13.3. The zero-order chi connectivity index (χ0) is 15.1. The number of hydrogen-bond acceptors (Lipinski definition) is 4. The fourth-order valence-electron chi connectivity index (χ4n) is 3.97. The lowest BCUT2D eigenvalue weighted by molar-refractivity contribution is 0.0765. The molecule has 0 aromatic carbocycles. The minimum atomic E-state index is 0.0612. The lowest BCUT2D eigenvalue weighted by atomic mass is 9.84. The summed E-state index contributed by atoms with van der Waals surface area (Å²) >= 11 is 0. The molecule has 4 rings (SSSR count). The number of carbonyl (C=O) groups excluding carboxylic acids is 1.